The summed E-state index contributed by atoms with van der Waals surface area (Å²) in [5, 5.41) is 8.81. The van der Waals surface area contributed by atoms with Crippen LogP contribution in [-0.4, -0.2) is 16.9 Å². The van der Waals surface area contributed by atoms with Crippen molar-refractivity contribution in [2.75, 3.05) is 0 Å². The molecule has 80 valence electrons. The molecule has 0 aromatic carbocycles. The standard InChI is InChI=1S/C11H12O4/c1-6-7(10(13)14)5-8(15-6)9(12)11(2)3-4-11/h5H,3-4H2,1-2H3,(H,13,14). The molecule has 1 saturated carbocycles. The van der Waals surface area contributed by atoms with Gasteiger partial charge < -0.3 is 9.52 Å². The van der Waals surface area contributed by atoms with Crippen LogP contribution in [0.5, 0.6) is 0 Å². The van der Waals surface area contributed by atoms with Crippen LogP contribution in [0.15, 0.2) is 10.5 Å². The van der Waals surface area contributed by atoms with Gasteiger partial charge in [-0.1, -0.05) is 6.92 Å². The van der Waals surface area contributed by atoms with E-state index in [4.69, 9.17) is 9.52 Å². The first-order chi connectivity index (χ1) is 6.94. The predicted octanol–water partition coefficient (Wildman–Crippen LogP) is 2.27. The lowest BCUT2D eigenvalue weighted by atomic mass is 10.0. The molecule has 0 spiro atoms. The first-order valence-electron chi connectivity index (χ1n) is 4.82. The number of hydrogen-bond acceptors (Lipinski definition) is 3. The molecule has 0 amide bonds. The van der Waals surface area contributed by atoms with Crippen molar-refractivity contribution in [1.29, 1.82) is 0 Å². The van der Waals surface area contributed by atoms with E-state index in [1.54, 1.807) is 6.92 Å². The molecular formula is C11H12O4. The summed E-state index contributed by atoms with van der Waals surface area (Å²) in [6, 6.07) is 1.32. The van der Waals surface area contributed by atoms with Crippen LogP contribution >= 0.6 is 0 Å². The Bertz CT molecular complexity index is 437. The van der Waals surface area contributed by atoms with Crippen molar-refractivity contribution in [3.05, 3.63) is 23.2 Å². The van der Waals surface area contributed by atoms with E-state index in [0.29, 0.717) is 0 Å². The van der Waals surface area contributed by atoms with Crippen molar-refractivity contribution in [2.24, 2.45) is 5.41 Å². The molecule has 0 saturated heterocycles. The SMILES string of the molecule is Cc1oc(C(=O)C2(C)CC2)cc1C(=O)O. The van der Waals surface area contributed by atoms with Gasteiger partial charge in [-0.25, -0.2) is 4.79 Å². The Morgan fingerprint density at radius 3 is 2.47 bits per heavy atom. The maximum Gasteiger partial charge on any atom is 0.339 e. The second-order valence-corrected chi connectivity index (χ2v) is 4.28. The van der Waals surface area contributed by atoms with E-state index >= 15 is 0 Å². The van der Waals surface area contributed by atoms with Gasteiger partial charge in [0, 0.05) is 11.5 Å². The van der Waals surface area contributed by atoms with Gasteiger partial charge in [0.05, 0.1) is 0 Å². The van der Waals surface area contributed by atoms with Crippen LogP contribution in [0.25, 0.3) is 0 Å². The van der Waals surface area contributed by atoms with E-state index < -0.39 is 5.97 Å². The van der Waals surface area contributed by atoms with Crippen LogP contribution in [0.1, 0.15) is 46.4 Å². The second kappa shape index (κ2) is 2.95. The Morgan fingerprint density at radius 1 is 1.47 bits per heavy atom. The molecule has 4 nitrogen and oxygen atoms in total. The minimum Gasteiger partial charge on any atom is -0.478 e. The first-order valence-corrected chi connectivity index (χ1v) is 4.82. The van der Waals surface area contributed by atoms with Crippen LogP contribution in [0.3, 0.4) is 0 Å². The van der Waals surface area contributed by atoms with Gasteiger partial charge in [-0.2, -0.15) is 0 Å². The van der Waals surface area contributed by atoms with Gasteiger partial charge in [0.2, 0.25) is 5.78 Å². The second-order valence-electron chi connectivity index (χ2n) is 4.28. The zero-order valence-electron chi connectivity index (χ0n) is 8.66. The Balaban J connectivity index is 2.34. The molecule has 0 atom stereocenters. The van der Waals surface area contributed by atoms with Crippen molar-refractivity contribution in [1.82, 2.24) is 0 Å². The molecule has 1 aliphatic rings. The molecule has 0 unspecified atom stereocenters. The number of carboxylic acids is 1. The third kappa shape index (κ3) is 1.56. The van der Waals surface area contributed by atoms with Crippen LogP contribution in [0.4, 0.5) is 0 Å². The molecule has 0 bridgehead atoms. The number of ketones is 1. The van der Waals surface area contributed by atoms with Crippen molar-refractivity contribution in [3.63, 3.8) is 0 Å². The number of carbonyl (C=O) groups is 2. The maximum absolute atomic E-state index is 11.8. The summed E-state index contributed by atoms with van der Waals surface area (Å²) in [4.78, 5) is 22.6. The van der Waals surface area contributed by atoms with Crippen LogP contribution in [0, 0.1) is 12.3 Å². The van der Waals surface area contributed by atoms with Crippen molar-refractivity contribution >= 4 is 11.8 Å². The predicted molar refractivity (Wildman–Crippen MR) is 52.1 cm³/mol. The molecule has 0 aliphatic heterocycles. The monoisotopic (exact) mass is 208 g/mol. The summed E-state index contributed by atoms with van der Waals surface area (Å²) in [5.41, 5.74) is -0.248. The van der Waals surface area contributed by atoms with Crippen molar-refractivity contribution in [2.45, 2.75) is 26.7 Å². The maximum atomic E-state index is 11.8. The fraction of sp³-hybridized carbons (Fsp3) is 0.455. The number of Topliss-reactive ketones (excluding diaryl/α,β-unsaturated/α-hetero) is 1. The fourth-order valence-corrected chi connectivity index (χ4v) is 1.52. The van der Waals surface area contributed by atoms with Crippen LogP contribution < -0.4 is 0 Å². The highest BCUT2D eigenvalue weighted by molar-refractivity contribution is 6.02. The third-order valence-electron chi connectivity index (χ3n) is 2.92. The Morgan fingerprint density at radius 2 is 2.07 bits per heavy atom. The van der Waals surface area contributed by atoms with E-state index in [2.05, 4.69) is 0 Å². The topological polar surface area (TPSA) is 67.5 Å². The van der Waals surface area contributed by atoms with Gasteiger partial charge in [0.25, 0.3) is 0 Å². The highest BCUT2D eigenvalue weighted by Gasteiger charge is 2.46. The molecular weight excluding hydrogens is 196 g/mol. The molecule has 4 heteroatoms. The van der Waals surface area contributed by atoms with Gasteiger partial charge in [0.1, 0.15) is 11.3 Å². The minimum absolute atomic E-state index is 0.0719. The molecule has 1 N–H and O–H groups in total. The molecule has 1 aromatic heterocycles. The van der Waals surface area contributed by atoms with Crippen LogP contribution in [-0.2, 0) is 0 Å². The summed E-state index contributed by atoms with van der Waals surface area (Å²) in [6.45, 7) is 3.42. The molecule has 15 heavy (non-hydrogen) atoms. The highest BCUT2D eigenvalue weighted by atomic mass is 16.4. The Labute approximate surface area is 86.9 Å². The normalized spacial score (nSPS) is 17.5. The van der Waals surface area contributed by atoms with Crippen molar-refractivity contribution in [3.8, 4) is 0 Å². The van der Waals surface area contributed by atoms with Gasteiger partial charge >= 0.3 is 5.97 Å². The van der Waals surface area contributed by atoms with E-state index in [-0.39, 0.29) is 28.3 Å². The summed E-state index contributed by atoms with van der Waals surface area (Å²) in [7, 11) is 0. The van der Waals surface area contributed by atoms with Crippen molar-refractivity contribution < 1.29 is 19.1 Å². The Hall–Kier alpha value is -1.58. The smallest absolute Gasteiger partial charge is 0.339 e. The van der Waals surface area contributed by atoms with Gasteiger partial charge in [-0.3, -0.25) is 4.79 Å². The number of carboxylic acid groups (broad SMARTS) is 1. The van der Waals surface area contributed by atoms with Crippen LogP contribution in [0.2, 0.25) is 0 Å². The average molecular weight is 208 g/mol. The molecule has 1 aromatic rings. The number of aromatic carboxylic acids is 1. The number of carbonyl (C=O) groups excluding carboxylic acids is 1. The van der Waals surface area contributed by atoms with Gasteiger partial charge in [-0.15, -0.1) is 0 Å². The summed E-state index contributed by atoms with van der Waals surface area (Å²) < 4.78 is 5.17. The zero-order valence-corrected chi connectivity index (χ0v) is 8.66. The lowest BCUT2D eigenvalue weighted by Crippen LogP contribution is -2.10. The largest absolute Gasteiger partial charge is 0.478 e. The number of rotatable bonds is 3. The number of aryl methyl sites for hydroxylation is 1. The number of hydrogen-bond donors (Lipinski definition) is 1. The molecule has 2 rings (SSSR count). The molecule has 1 heterocycles. The van der Waals surface area contributed by atoms with Gasteiger partial charge in [0.15, 0.2) is 5.76 Å². The third-order valence-corrected chi connectivity index (χ3v) is 2.92. The first kappa shape index (κ1) is 9.96. The number of furan rings is 1. The fourth-order valence-electron chi connectivity index (χ4n) is 1.52. The van der Waals surface area contributed by atoms with E-state index in [1.807, 2.05) is 6.92 Å². The summed E-state index contributed by atoms with van der Waals surface area (Å²) >= 11 is 0. The summed E-state index contributed by atoms with van der Waals surface area (Å²) in [5.74, 6) is -0.686. The minimum atomic E-state index is -1.06. The highest BCUT2D eigenvalue weighted by Crippen LogP contribution is 2.47. The zero-order chi connectivity index (χ0) is 11.2. The molecule has 1 aliphatic carbocycles. The van der Waals surface area contributed by atoms with E-state index in [9.17, 15) is 9.59 Å². The lowest BCUT2D eigenvalue weighted by molar-refractivity contribution is 0.0694. The molecule has 0 radical (unpaired) electrons. The molecule has 1 fully saturated rings. The van der Waals surface area contributed by atoms with E-state index in [0.717, 1.165) is 12.8 Å². The van der Waals surface area contributed by atoms with Gasteiger partial charge in [-0.05, 0) is 19.8 Å². The lowest BCUT2D eigenvalue weighted by Gasteiger charge is -2.02. The van der Waals surface area contributed by atoms with E-state index in [1.165, 1.54) is 6.07 Å². The summed E-state index contributed by atoms with van der Waals surface area (Å²) in [6.07, 6.45) is 1.71. The average Bonchev–Trinajstić information content (AvgIpc) is 2.77. The quantitative estimate of drug-likeness (QED) is 0.773. The Kier molecular flexibility index (Phi) is 1.96.